The van der Waals surface area contributed by atoms with E-state index in [0.29, 0.717) is 12.8 Å². The van der Waals surface area contributed by atoms with Crippen LogP contribution in [-0.2, 0) is 16.4 Å². The van der Waals surface area contributed by atoms with E-state index in [1.54, 1.807) is 0 Å². The lowest BCUT2D eigenvalue weighted by Crippen LogP contribution is -2.25. The highest BCUT2D eigenvalue weighted by Gasteiger charge is 2.18. The minimum Gasteiger partial charge on any atom is -0.383 e. The van der Waals surface area contributed by atoms with E-state index < -0.39 is 10.0 Å². The van der Waals surface area contributed by atoms with Gasteiger partial charge in [0.1, 0.15) is 22.9 Å². The maximum atomic E-state index is 11.8. The number of aromatic nitrogens is 5. The molecule has 0 aliphatic carbocycles. The number of hydrogen-bond donors (Lipinski definition) is 4. The van der Waals surface area contributed by atoms with E-state index in [2.05, 4.69) is 30.1 Å². The summed E-state index contributed by atoms with van der Waals surface area (Å²) >= 11 is 0. The molecule has 0 atom stereocenters. The standard InChI is InChI=1S/C8H13N7O2S/c9-8-6(4-11-15-8)18(16,17)13-3-1-2-7-10-5-12-14-7/h4-5,13H,1-3H2,(H3,9,11,15)(H,10,12,14). The molecule has 0 bridgehead atoms. The summed E-state index contributed by atoms with van der Waals surface area (Å²) in [6, 6.07) is 0. The van der Waals surface area contributed by atoms with Crippen LogP contribution >= 0.6 is 0 Å². The van der Waals surface area contributed by atoms with Crippen molar-refractivity contribution in [3.8, 4) is 0 Å². The average Bonchev–Trinajstić information content (AvgIpc) is 2.95. The number of rotatable bonds is 6. The summed E-state index contributed by atoms with van der Waals surface area (Å²) in [5, 5.41) is 12.3. The summed E-state index contributed by atoms with van der Waals surface area (Å²) in [5.74, 6) is 0.745. The Morgan fingerprint density at radius 1 is 1.33 bits per heavy atom. The van der Waals surface area contributed by atoms with Crippen molar-refractivity contribution in [3.05, 3.63) is 18.3 Å². The normalized spacial score (nSPS) is 11.8. The van der Waals surface area contributed by atoms with Crippen molar-refractivity contribution in [1.29, 1.82) is 0 Å². The molecule has 0 fully saturated rings. The van der Waals surface area contributed by atoms with Gasteiger partial charge < -0.3 is 5.73 Å². The van der Waals surface area contributed by atoms with Crippen LogP contribution in [0.15, 0.2) is 17.4 Å². The van der Waals surface area contributed by atoms with Crippen molar-refractivity contribution >= 4 is 15.8 Å². The number of aromatic amines is 2. The van der Waals surface area contributed by atoms with Gasteiger partial charge in [-0.3, -0.25) is 10.2 Å². The fourth-order valence-electron chi connectivity index (χ4n) is 1.39. The number of sulfonamides is 1. The zero-order chi connectivity index (χ0) is 13.0. The number of nitrogen functional groups attached to an aromatic ring is 1. The monoisotopic (exact) mass is 271 g/mol. The smallest absolute Gasteiger partial charge is 0.245 e. The third-order valence-corrected chi connectivity index (χ3v) is 3.76. The Hall–Kier alpha value is -1.94. The molecule has 0 amide bonds. The molecule has 5 N–H and O–H groups in total. The van der Waals surface area contributed by atoms with Gasteiger partial charge in [-0.05, 0) is 6.42 Å². The second-order valence-electron chi connectivity index (χ2n) is 3.58. The van der Waals surface area contributed by atoms with E-state index in [1.165, 1.54) is 12.5 Å². The van der Waals surface area contributed by atoms with Crippen LogP contribution in [0.4, 0.5) is 5.82 Å². The topological polar surface area (TPSA) is 142 Å². The van der Waals surface area contributed by atoms with E-state index in [1.807, 2.05) is 0 Å². The lowest BCUT2D eigenvalue weighted by atomic mass is 10.3. The lowest BCUT2D eigenvalue weighted by molar-refractivity contribution is 0.578. The molecule has 18 heavy (non-hydrogen) atoms. The number of hydrogen-bond acceptors (Lipinski definition) is 6. The van der Waals surface area contributed by atoms with E-state index in [-0.39, 0.29) is 17.3 Å². The summed E-state index contributed by atoms with van der Waals surface area (Å²) in [4.78, 5) is 3.90. The maximum Gasteiger partial charge on any atom is 0.245 e. The van der Waals surface area contributed by atoms with Crippen molar-refractivity contribution in [1.82, 2.24) is 30.1 Å². The first-order valence-corrected chi connectivity index (χ1v) is 6.70. The number of H-pyrrole nitrogens is 2. The van der Waals surface area contributed by atoms with Crippen molar-refractivity contribution in [2.75, 3.05) is 12.3 Å². The van der Waals surface area contributed by atoms with E-state index in [4.69, 9.17) is 5.73 Å². The van der Waals surface area contributed by atoms with E-state index >= 15 is 0 Å². The lowest BCUT2D eigenvalue weighted by Gasteiger charge is -2.04. The molecule has 0 spiro atoms. The number of anilines is 1. The summed E-state index contributed by atoms with van der Waals surface area (Å²) in [5.41, 5.74) is 5.45. The molecule has 2 rings (SSSR count). The average molecular weight is 271 g/mol. The van der Waals surface area contributed by atoms with Gasteiger partial charge in [0.25, 0.3) is 0 Å². The first kappa shape index (κ1) is 12.5. The molecular weight excluding hydrogens is 258 g/mol. The molecule has 2 aromatic heterocycles. The first-order chi connectivity index (χ1) is 8.59. The number of aryl methyl sites for hydroxylation is 1. The van der Waals surface area contributed by atoms with Gasteiger partial charge in [0.2, 0.25) is 10.0 Å². The van der Waals surface area contributed by atoms with Crippen molar-refractivity contribution in [2.45, 2.75) is 17.7 Å². The largest absolute Gasteiger partial charge is 0.383 e. The quantitative estimate of drug-likeness (QED) is 0.497. The molecule has 98 valence electrons. The molecule has 2 heterocycles. The van der Waals surface area contributed by atoms with E-state index in [9.17, 15) is 8.42 Å². The maximum absolute atomic E-state index is 11.8. The van der Waals surface area contributed by atoms with Crippen LogP contribution in [0.3, 0.4) is 0 Å². The molecule has 2 aromatic rings. The van der Waals surface area contributed by atoms with Crippen LogP contribution in [0.1, 0.15) is 12.2 Å². The van der Waals surface area contributed by atoms with Crippen LogP contribution < -0.4 is 10.5 Å². The van der Waals surface area contributed by atoms with Gasteiger partial charge in [-0.2, -0.15) is 10.2 Å². The Morgan fingerprint density at radius 3 is 2.78 bits per heavy atom. The Bertz CT molecular complexity index is 589. The summed E-state index contributed by atoms with van der Waals surface area (Å²) in [7, 11) is -3.60. The molecule has 0 aliphatic heterocycles. The predicted octanol–water partition coefficient (Wildman–Crippen LogP) is -0.979. The highest BCUT2D eigenvalue weighted by Crippen LogP contribution is 2.13. The molecule has 10 heteroatoms. The predicted molar refractivity (Wildman–Crippen MR) is 62.9 cm³/mol. The third-order valence-electron chi connectivity index (χ3n) is 2.27. The highest BCUT2D eigenvalue weighted by atomic mass is 32.2. The molecule has 0 aromatic carbocycles. The van der Waals surface area contributed by atoms with Gasteiger partial charge in [-0.25, -0.2) is 18.1 Å². The Balaban J connectivity index is 1.85. The molecule has 0 aliphatic rings. The molecule has 0 unspecified atom stereocenters. The summed E-state index contributed by atoms with van der Waals surface area (Å²) in [6.07, 6.45) is 3.80. The molecular formula is C8H13N7O2S. The Labute approximate surface area is 103 Å². The van der Waals surface area contributed by atoms with Gasteiger partial charge in [-0.1, -0.05) is 0 Å². The summed E-state index contributed by atoms with van der Waals surface area (Å²) in [6.45, 7) is 0.285. The number of nitrogens with zero attached hydrogens (tertiary/aromatic N) is 3. The van der Waals surface area contributed by atoms with Gasteiger partial charge in [0, 0.05) is 13.0 Å². The van der Waals surface area contributed by atoms with Gasteiger partial charge >= 0.3 is 0 Å². The van der Waals surface area contributed by atoms with Gasteiger partial charge in [0.15, 0.2) is 0 Å². The Kier molecular flexibility index (Phi) is 3.58. The van der Waals surface area contributed by atoms with Crippen molar-refractivity contribution in [3.63, 3.8) is 0 Å². The number of nitrogens with one attached hydrogen (secondary N) is 3. The fourth-order valence-corrected chi connectivity index (χ4v) is 2.49. The van der Waals surface area contributed by atoms with Crippen LogP contribution in [0.2, 0.25) is 0 Å². The second-order valence-corrected chi connectivity index (χ2v) is 5.32. The van der Waals surface area contributed by atoms with Crippen molar-refractivity contribution in [2.24, 2.45) is 0 Å². The molecule has 0 radical (unpaired) electrons. The Morgan fingerprint density at radius 2 is 2.17 bits per heavy atom. The first-order valence-electron chi connectivity index (χ1n) is 5.22. The van der Waals surface area contributed by atoms with Crippen LogP contribution in [0.5, 0.6) is 0 Å². The van der Waals surface area contributed by atoms with E-state index in [0.717, 1.165) is 5.82 Å². The second kappa shape index (κ2) is 5.14. The minimum atomic E-state index is -3.60. The zero-order valence-corrected chi connectivity index (χ0v) is 10.2. The number of nitrogens with two attached hydrogens (primary N) is 1. The molecule has 0 saturated carbocycles. The summed E-state index contributed by atoms with van der Waals surface area (Å²) < 4.78 is 26.0. The highest BCUT2D eigenvalue weighted by molar-refractivity contribution is 7.89. The fraction of sp³-hybridized carbons (Fsp3) is 0.375. The third kappa shape index (κ3) is 2.84. The SMILES string of the molecule is Nc1[nH]ncc1S(=O)(=O)NCCCc1ncn[nH]1. The van der Waals surface area contributed by atoms with Crippen LogP contribution in [0, 0.1) is 0 Å². The van der Waals surface area contributed by atoms with Crippen LogP contribution in [0.25, 0.3) is 0 Å². The minimum absolute atomic E-state index is 0.0257. The van der Waals surface area contributed by atoms with Crippen LogP contribution in [-0.4, -0.2) is 40.3 Å². The van der Waals surface area contributed by atoms with Gasteiger partial charge in [-0.15, -0.1) is 0 Å². The van der Waals surface area contributed by atoms with Crippen molar-refractivity contribution < 1.29 is 8.42 Å². The zero-order valence-electron chi connectivity index (χ0n) is 9.42. The molecule has 0 saturated heterocycles. The molecule has 9 nitrogen and oxygen atoms in total. The van der Waals surface area contributed by atoms with Gasteiger partial charge in [0.05, 0.1) is 6.20 Å².